The molecule has 1 heterocycles. The number of nitrogens with one attached hydrogen (secondary N) is 1. The summed E-state index contributed by atoms with van der Waals surface area (Å²) in [5.41, 5.74) is 7.00. The predicted octanol–water partition coefficient (Wildman–Crippen LogP) is 1.95. The van der Waals surface area contributed by atoms with E-state index in [1.54, 1.807) is 11.7 Å². The second-order valence-electron chi connectivity index (χ2n) is 4.97. The Morgan fingerprint density at radius 3 is 2.90 bits per heavy atom. The van der Waals surface area contributed by atoms with Crippen molar-refractivity contribution in [2.24, 2.45) is 5.73 Å². The van der Waals surface area contributed by atoms with Gasteiger partial charge in [-0.1, -0.05) is 23.9 Å². The standard InChI is InChI=1S/C14H20N4O2S/c1-9(2)18-13(19)16-17-14(18)21-8-12(15)10-5-4-6-11(7-10)20-3/h4-7,9,12H,8,15H2,1-3H3,(H,16,19). The van der Waals surface area contributed by atoms with Gasteiger partial charge in [0, 0.05) is 17.8 Å². The summed E-state index contributed by atoms with van der Waals surface area (Å²) in [4.78, 5) is 11.7. The minimum atomic E-state index is -0.192. The van der Waals surface area contributed by atoms with Gasteiger partial charge in [0.2, 0.25) is 0 Å². The van der Waals surface area contributed by atoms with Crippen LogP contribution in [-0.4, -0.2) is 27.6 Å². The van der Waals surface area contributed by atoms with E-state index in [0.717, 1.165) is 11.3 Å². The molecule has 114 valence electrons. The molecule has 0 aliphatic carbocycles. The van der Waals surface area contributed by atoms with Crippen molar-refractivity contribution in [2.75, 3.05) is 12.9 Å². The molecule has 1 atom stereocenters. The Balaban J connectivity index is 2.07. The predicted molar refractivity (Wildman–Crippen MR) is 83.9 cm³/mol. The van der Waals surface area contributed by atoms with E-state index >= 15 is 0 Å². The molecule has 0 aliphatic rings. The average molecular weight is 308 g/mol. The van der Waals surface area contributed by atoms with Gasteiger partial charge in [-0.2, -0.15) is 0 Å². The van der Waals surface area contributed by atoms with Crippen LogP contribution in [-0.2, 0) is 0 Å². The van der Waals surface area contributed by atoms with Gasteiger partial charge in [0.05, 0.1) is 7.11 Å². The van der Waals surface area contributed by atoms with E-state index in [2.05, 4.69) is 10.2 Å². The van der Waals surface area contributed by atoms with Gasteiger partial charge in [-0.05, 0) is 31.5 Å². The van der Waals surface area contributed by atoms with Gasteiger partial charge in [-0.25, -0.2) is 9.89 Å². The number of thioether (sulfide) groups is 1. The number of hydrogen-bond donors (Lipinski definition) is 2. The second-order valence-corrected chi connectivity index (χ2v) is 5.96. The largest absolute Gasteiger partial charge is 0.497 e. The quantitative estimate of drug-likeness (QED) is 0.797. The van der Waals surface area contributed by atoms with E-state index < -0.39 is 0 Å². The van der Waals surface area contributed by atoms with E-state index in [1.807, 2.05) is 38.1 Å². The molecule has 2 rings (SSSR count). The van der Waals surface area contributed by atoms with Gasteiger partial charge in [0.15, 0.2) is 5.16 Å². The molecule has 2 aromatic rings. The number of ether oxygens (including phenoxy) is 1. The number of benzene rings is 1. The maximum absolute atomic E-state index is 11.7. The number of nitrogens with zero attached hydrogens (tertiary/aromatic N) is 2. The topological polar surface area (TPSA) is 85.9 Å². The summed E-state index contributed by atoms with van der Waals surface area (Å²) in [6.45, 7) is 3.89. The molecule has 0 saturated carbocycles. The molecule has 0 radical (unpaired) electrons. The van der Waals surface area contributed by atoms with Crippen molar-refractivity contribution in [2.45, 2.75) is 31.1 Å². The zero-order valence-electron chi connectivity index (χ0n) is 12.4. The summed E-state index contributed by atoms with van der Waals surface area (Å²) in [5, 5.41) is 7.18. The highest BCUT2D eigenvalue weighted by molar-refractivity contribution is 7.99. The molecule has 1 aromatic heterocycles. The van der Waals surface area contributed by atoms with Crippen molar-refractivity contribution >= 4 is 11.8 Å². The van der Waals surface area contributed by atoms with E-state index in [9.17, 15) is 4.79 Å². The fraction of sp³-hybridized carbons (Fsp3) is 0.429. The fourth-order valence-electron chi connectivity index (χ4n) is 1.98. The third-order valence-corrected chi connectivity index (χ3v) is 4.17. The lowest BCUT2D eigenvalue weighted by molar-refractivity contribution is 0.414. The van der Waals surface area contributed by atoms with E-state index in [4.69, 9.17) is 10.5 Å². The van der Waals surface area contributed by atoms with Crippen LogP contribution in [0.1, 0.15) is 31.5 Å². The monoisotopic (exact) mass is 308 g/mol. The average Bonchev–Trinajstić information content (AvgIpc) is 2.85. The molecule has 6 nitrogen and oxygen atoms in total. The minimum Gasteiger partial charge on any atom is -0.497 e. The van der Waals surface area contributed by atoms with Crippen LogP contribution in [0.25, 0.3) is 0 Å². The van der Waals surface area contributed by atoms with Gasteiger partial charge in [-0.3, -0.25) is 4.57 Å². The van der Waals surface area contributed by atoms with Crippen LogP contribution >= 0.6 is 11.8 Å². The number of aromatic nitrogens is 3. The lowest BCUT2D eigenvalue weighted by Crippen LogP contribution is -2.20. The van der Waals surface area contributed by atoms with Crippen molar-refractivity contribution in [3.05, 3.63) is 40.3 Å². The van der Waals surface area contributed by atoms with E-state index in [-0.39, 0.29) is 17.8 Å². The Hall–Kier alpha value is -1.73. The molecule has 0 spiro atoms. The highest BCUT2D eigenvalue weighted by atomic mass is 32.2. The first-order valence-corrected chi connectivity index (χ1v) is 7.70. The van der Waals surface area contributed by atoms with Crippen LogP contribution in [0.15, 0.2) is 34.2 Å². The third-order valence-electron chi connectivity index (χ3n) is 3.10. The maximum Gasteiger partial charge on any atom is 0.344 e. The summed E-state index contributed by atoms with van der Waals surface area (Å²) in [7, 11) is 1.63. The smallest absolute Gasteiger partial charge is 0.344 e. The molecule has 0 aliphatic heterocycles. The fourth-order valence-corrected chi connectivity index (χ4v) is 3.04. The third kappa shape index (κ3) is 3.68. The number of aromatic amines is 1. The van der Waals surface area contributed by atoms with Crippen LogP contribution < -0.4 is 16.2 Å². The Morgan fingerprint density at radius 2 is 2.24 bits per heavy atom. The Bertz CT molecular complexity index is 650. The SMILES string of the molecule is COc1cccc(C(N)CSc2n[nH]c(=O)n2C(C)C)c1. The van der Waals surface area contributed by atoms with Crippen molar-refractivity contribution < 1.29 is 4.74 Å². The summed E-state index contributed by atoms with van der Waals surface area (Å²) >= 11 is 1.47. The number of rotatable bonds is 6. The molecule has 21 heavy (non-hydrogen) atoms. The Morgan fingerprint density at radius 1 is 1.48 bits per heavy atom. The van der Waals surface area contributed by atoms with Gasteiger partial charge in [0.1, 0.15) is 5.75 Å². The normalized spacial score (nSPS) is 12.6. The molecule has 0 fully saturated rings. The van der Waals surface area contributed by atoms with Crippen molar-refractivity contribution in [1.29, 1.82) is 0 Å². The number of hydrogen-bond acceptors (Lipinski definition) is 5. The number of H-pyrrole nitrogens is 1. The lowest BCUT2D eigenvalue weighted by atomic mass is 10.1. The van der Waals surface area contributed by atoms with Gasteiger partial charge in [0.25, 0.3) is 0 Å². The van der Waals surface area contributed by atoms with E-state index in [1.165, 1.54) is 11.8 Å². The minimum absolute atomic E-state index is 0.0618. The first-order valence-electron chi connectivity index (χ1n) is 6.72. The highest BCUT2D eigenvalue weighted by Crippen LogP contribution is 2.24. The summed E-state index contributed by atoms with van der Waals surface area (Å²) in [6, 6.07) is 7.59. The number of methoxy groups -OCH3 is 1. The van der Waals surface area contributed by atoms with Gasteiger partial charge in [-0.15, -0.1) is 5.10 Å². The first kappa shape index (κ1) is 15.7. The lowest BCUT2D eigenvalue weighted by Gasteiger charge is -2.13. The maximum atomic E-state index is 11.7. The Labute approximate surface area is 127 Å². The Kier molecular flexibility index (Phi) is 5.08. The van der Waals surface area contributed by atoms with Crippen molar-refractivity contribution in [1.82, 2.24) is 14.8 Å². The molecule has 1 aromatic carbocycles. The summed E-state index contributed by atoms with van der Waals surface area (Å²) < 4.78 is 6.82. The molecule has 0 bridgehead atoms. The van der Waals surface area contributed by atoms with Crippen LogP contribution in [0.3, 0.4) is 0 Å². The highest BCUT2D eigenvalue weighted by Gasteiger charge is 2.14. The second kappa shape index (κ2) is 6.82. The van der Waals surface area contributed by atoms with Crippen molar-refractivity contribution in [3.8, 4) is 5.75 Å². The molecule has 3 N–H and O–H groups in total. The molecular weight excluding hydrogens is 288 g/mol. The van der Waals surface area contributed by atoms with Gasteiger partial charge >= 0.3 is 5.69 Å². The molecule has 7 heteroatoms. The first-order chi connectivity index (χ1) is 10.0. The molecule has 0 amide bonds. The summed E-state index contributed by atoms with van der Waals surface area (Å²) in [6.07, 6.45) is 0. The zero-order valence-corrected chi connectivity index (χ0v) is 13.2. The van der Waals surface area contributed by atoms with Crippen LogP contribution in [0.4, 0.5) is 0 Å². The molecule has 0 saturated heterocycles. The zero-order chi connectivity index (χ0) is 15.4. The van der Waals surface area contributed by atoms with Gasteiger partial charge < -0.3 is 10.5 Å². The van der Waals surface area contributed by atoms with E-state index in [0.29, 0.717) is 10.9 Å². The molecular formula is C14H20N4O2S. The van der Waals surface area contributed by atoms with Crippen molar-refractivity contribution in [3.63, 3.8) is 0 Å². The molecule has 1 unspecified atom stereocenters. The van der Waals surface area contributed by atoms with Crippen LogP contribution in [0.5, 0.6) is 5.75 Å². The van der Waals surface area contributed by atoms with Crippen LogP contribution in [0, 0.1) is 0 Å². The summed E-state index contributed by atoms with van der Waals surface area (Å²) in [5.74, 6) is 1.41. The number of nitrogens with two attached hydrogens (primary N) is 1. The van der Waals surface area contributed by atoms with Crippen LogP contribution in [0.2, 0.25) is 0 Å².